The molecule has 0 spiro atoms. The molecule has 1 aromatic heterocycles. The molecule has 0 aliphatic carbocycles. The summed E-state index contributed by atoms with van der Waals surface area (Å²) in [5, 5.41) is 4.05. The second kappa shape index (κ2) is 3.54. The first-order valence-corrected chi connectivity index (χ1v) is 4.00. The number of hydrogen-bond donors (Lipinski definition) is 1. The Morgan fingerprint density at radius 2 is 2.33 bits per heavy atom. The highest BCUT2D eigenvalue weighted by Crippen LogP contribution is 2.11. The molecule has 0 fully saturated rings. The SMILES string of the molecule is CC(C)=CC(N)c1ccnn1C. The van der Waals surface area contributed by atoms with E-state index in [9.17, 15) is 0 Å². The lowest BCUT2D eigenvalue weighted by molar-refractivity contribution is 0.680. The molecule has 1 atom stereocenters. The Labute approximate surface area is 72.9 Å². The molecule has 1 aromatic rings. The first kappa shape index (κ1) is 9.00. The predicted octanol–water partition coefficient (Wildman–Crippen LogP) is 1.39. The van der Waals surface area contributed by atoms with Crippen LogP contribution in [-0.2, 0) is 7.05 Å². The smallest absolute Gasteiger partial charge is 0.0655 e. The average Bonchev–Trinajstić information content (AvgIpc) is 2.33. The Hall–Kier alpha value is -1.09. The molecule has 0 saturated carbocycles. The number of hydrogen-bond acceptors (Lipinski definition) is 2. The van der Waals surface area contributed by atoms with E-state index < -0.39 is 0 Å². The number of aromatic nitrogens is 2. The minimum absolute atomic E-state index is 0.0394. The van der Waals surface area contributed by atoms with Crippen molar-refractivity contribution in [2.24, 2.45) is 12.8 Å². The van der Waals surface area contributed by atoms with E-state index in [0.29, 0.717) is 0 Å². The summed E-state index contributed by atoms with van der Waals surface area (Å²) in [5.41, 5.74) is 8.17. The average molecular weight is 165 g/mol. The summed E-state index contributed by atoms with van der Waals surface area (Å²) in [6, 6.07) is 1.90. The summed E-state index contributed by atoms with van der Waals surface area (Å²) in [6.45, 7) is 4.08. The molecule has 66 valence electrons. The number of allylic oxidation sites excluding steroid dienone is 1. The second-order valence-corrected chi connectivity index (χ2v) is 3.15. The van der Waals surface area contributed by atoms with Crippen LogP contribution in [0.4, 0.5) is 0 Å². The van der Waals surface area contributed by atoms with Crippen LogP contribution >= 0.6 is 0 Å². The van der Waals surface area contributed by atoms with Gasteiger partial charge in [-0.15, -0.1) is 0 Å². The highest BCUT2D eigenvalue weighted by Gasteiger charge is 2.05. The third kappa shape index (κ3) is 1.95. The summed E-state index contributed by atoms with van der Waals surface area (Å²) in [7, 11) is 1.90. The van der Waals surface area contributed by atoms with Gasteiger partial charge in [-0.2, -0.15) is 5.10 Å². The molecule has 0 aliphatic rings. The molecule has 0 aromatic carbocycles. The lowest BCUT2D eigenvalue weighted by Crippen LogP contribution is -2.12. The quantitative estimate of drug-likeness (QED) is 0.673. The van der Waals surface area contributed by atoms with Gasteiger partial charge in [-0.25, -0.2) is 0 Å². The molecule has 0 amide bonds. The van der Waals surface area contributed by atoms with Gasteiger partial charge in [-0.05, 0) is 19.9 Å². The van der Waals surface area contributed by atoms with Crippen molar-refractivity contribution in [1.29, 1.82) is 0 Å². The van der Waals surface area contributed by atoms with E-state index in [1.54, 1.807) is 10.9 Å². The molecule has 1 unspecified atom stereocenters. The van der Waals surface area contributed by atoms with Gasteiger partial charge in [0, 0.05) is 13.2 Å². The number of rotatable bonds is 2. The Morgan fingerprint density at radius 3 is 2.75 bits per heavy atom. The minimum atomic E-state index is -0.0394. The van der Waals surface area contributed by atoms with Gasteiger partial charge < -0.3 is 5.73 Å². The van der Waals surface area contributed by atoms with Crippen molar-refractivity contribution in [2.45, 2.75) is 19.9 Å². The molecule has 3 heteroatoms. The summed E-state index contributed by atoms with van der Waals surface area (Å²) >= 11 is 0. The number of nitrogens with zero attached hydrogens (tertiary/aromatic N) is 2. The van der Waals surface area contributed by atoms with Crippen molar-refractivity contribution in [3.8, 4) is 0 Å². The van der Waals surface area contributed by atoms with Gasteiger partial charge >= 0.3 is 0 Å². The molecule has 0 radical (unpaired) electrons. The van der Waals surface area contributed by atoms with Gasteiger partial charge in [-0.1, -0.05) is 11.6 Å². The fourth-order valence-electron chi connectivity index (χ4n) is 1.16. The van der Waals surface area contributed by atoms with Crippen LogP contribution in [0.3, 0.4) is 0 Å². The van der Waals surface area contributed by atoms with Crippen LogP contribution in [-0.4, -0.2) is 9.78 Å². The fourth-order valence-corrected chi connectivity index (χ4v) is 1.16. The van der Waals surface area contributed by atoms with Crippen molar-refractivity contribution in [3.63, 3.8) is 0 Å². The lowest BCUT2D eigenvalue weighted by atomic mass is 10.1. The van der Waals surface area contributed by atoms with Crippen LogP contribution in [0.2, 0.25) is 0 Å². The molecular formula is C9H15N3. The first-order chi connectivity index (χ1) is 5.61. The normalized spacial score (nSPS) is 12.7. The monoisotopic (exact) mass is 165 g/mol. The van der Waals surface area contributed by atoms with Gasteiger partial charge in [0.1, 0.15) is 0 Å². The summed E-state index contributed by atoms with van der Waals surface area (Å²) < 4.78 is 1.80. The third-order valence-electron chi connectivity index (χ3n) is 1.71. The maximum Gasteiger partial charge on any atom is 0.0655 e. The van der Waals surface area contributed by atoms with Crippen LogP contribution in [0.15, 0.2) is 23.9 Å². The van der Waals surface area contributed by atoms with Crippen LogP contribution < -0.4 is 5.73 Å². The van der Waals surface area contributed by atoms with Gasteiger partial charge in [0.15, 0.2) is 0 Å². The predicted molar refractivity (Wildman–Crippen MR) is 49.6 cm³/mol. The van der Waals surface area contributed by atoms with E-state index >= 15 is 0 Å². The van der Waals surface area contributed by atoms with Crippen molar-refractivity contribution < 1.29 is 0 Å². The molecule has 0 bridgehead atoms. The van der Waals surface area contributed by atoms with Crippen LogP contribution in [0.5, 0.6) is 0 Å². The molecule has 12 heavy (non-hydrogen) atoms. The molecular weight excluding hydrogens is 150 g/mol. The van der Waals surface area contributed by atoms with E-state index in [1.165, 1.54) is 5.57 Å². The van der Waals surface area contributed by atoms with Gasteiger partial charge in [-0.3, -0.25) is 4.68 Å². The number of nitrogens with two attached hydrogens (primary N) is 1. The molecule has 1 heterocycles. The fraction of sp³-hybridized carbons (Fsp3) is 0.444. The zero-order valence-electron chi connectivity index (χ0n) is 7.78. The first-order valence-electron chi connectivity index (χ1n) is 4.00. The molecule has 0 aliphatic heterocycles. The van der Waals surface area contributed by atoms with Crippen molar-refractivity contribution in [3.05, 3.63) is 29.6 Å². The van der Waals surface area contributed by atoms with Crippen molar-refractivity contribution >= 4 is 0 Å². The van der Waals surface area contributed by atoms with Gasteiger partial charge in [0.2, 0.25) is 0 Å². The standard InChI is InChI=1S/C9H15N3/c1-7(2)6-8(10)9-4-5-11-12(9)3/h4-6,8H,10H2,1-3H3. The molecule has 1 rings (SSSR count). The van der Waals surface area contributed by atoms with Gasteiger partial charge in [0.25, 0.3) is 0 Å². The van der Waals surface area contributed by atoms with E-state index in [2.05, 4.69) is 5.10 Å². The van der Waals surface area contributed by atoms with E-state index in [0.717, 1.165) is 5.69 Å². The summed E-state index contributed by atoms with van der Waals surface area (Å²) in [4.78, 5) is 0. The second-order valence-electron chi connectivity index (χ2n) is 3.15. The zero-order valence-corrected chi connectivity index (χ0v) is 7.78. The van der Waals surface area contributed by atoms with E-state index in [-0.39, 0.29) is 6.04 Å². The molecule has 2 N–H and O–H groups in total. The van der Waals surface area contributed by atoms with Crippen LogP contribution in [0.25, 0.3) is 0 Å². The Kier molecular flexibility index (Phi) is 2.65. The number of aryl methyl sites for hydroxylation is 1. The maximum absolute atomic E-state index is 5.90. The highest BCUT2D eigenvalue weighted by atomic mass is 15.3. The Morgan fingerprint density at radius 1 is 1.67 bits per heavy atom. The van der Waals surface area contributed by atoms with E-state index in [1.807, 2.05) is 33.0 Å². The summed E-state index contributed by atoms with van der Waals surface area (Å²) in [6.07, 6.45) is 3.78. The van der Waals surface area contributed by atoms with Crippen LogP contribution in [0, 0.1) is 0 Å². The third-order valence-corrected chi connectivity index (χ3v) is 1.71. The minimum Gasteiger partial charge on any atom is -0.319 e. The Bertz CT molecular complexity index is 282. The lowest BCUT2D eigenvalue weighted by Gasteiger charge is -2.07. The van der Waals surface area contributed by atoms with Crippen molar-refractivity contribution in [1.82, 2.24) is 9.78 Å². The Balaban J connectivity index is 2.85. The largest absolute Gasteiger partial charge is 0.319 e. The summed E-state index contributed by atoms with van der Waals surface area (Å²) in [5.74, 6) is 0. The van der Waals surface area contributed by atoms with Crippen molar-refractivity contribution in [2.75, 3.05) is 0 Å². The zero-order chi connectivity index (χ0) is 9.14. The topological polar surface area (TPSA) is 43.8 Å². The van der Waals surface area contributed by atoms with E-state index in [4.69, 9.17) is 5.73 Å². The molecule has 3 nitrogen and oxygen atoms in total. The molecule has 0 saturated heterocycles. The van der Waals surface area contributed by atoms with Crippen LogP contribution in [0.1, 0.15) is 25.6 Å². The highest BCUT2D eigenvalue weighted by molar-refractivity contribution is 5.14. The van der Waals surface area contributed by atoms with Gasteiger partial charge in [0.05, 0.1) is 11.7 Å². The maximum atomic E-state index is 5.90.